The Labute approximate surface area is 222 Å². The van der Waals surface area contributed by atoms with E-state index in [2.05, 4.69) is 46.0 Å². The molecule has 4 heterocycles. The van der Waals surface area contributed by atoms with Crippen LogP contribution in [0.4, 0.5) is 5.69 Å². The van der Waals surface area contributed by atoms with Gasteiger partial charge in [0.05, 0.1) is 40.6 Å². The molecule has 0 bridgehead atoms. The van der Waals surface area contributed by atoms with Crippen molar-refractivity contribution in [3.63, 3.8) is 0 Å². The van der Waals surface area contributed by atoms with Gasteiger partial charge in [0.2, 0.25) is 0 Å². The van der Waals surface area contributed by atoms with Gasteiger partial charge in [0.25, 0.3) is 0 Å². The van der Waals surface area contributed by atoms with Crippen LogP contribution >= 0.6 is 23.3 Å². The number of hydrogen-bond donors (Lipinski definition) is 3. The van der Waals surface area contributed by atoms with E-state index in [1.807, 2.05) is 30.6 Å². The highest BCUT2D eigenvalue weighted by Crippen LogP contribution is 2.35. The standard InChI is InChI=1S/C27H37N7S2/c1-3-6-21-15-28-16-25(33-21)26-17-31-27(35-26)18(2)32-24(13-19-7-4-5-11-29-19)23-14-20(10-12-30-23)34-36-22-8-9-22/h10,12,14,16-17,19,21-22,24,29,32H,2-9,11,13,15H2,1H3,(H,30,34). The zero-order valence-corrected chi connectivity index (χ0v) is 22.7. The molecule has 3 unspecified atom stereocenters. The fourth-order valence-corrected chi connectivity index (χ4v) is 6.27. The number of nitrogens with one attached hydrogen (secondary N) is 3. The van der Waals surface area contributed by atoms with Gasteiger partial charge in [-0.2, -0.15) is 0 Å². The second-order valence-corrected chi connectivity index (χ2v) is 12.1. The number of rotatable bonds is 12. The molecular formula is C27H37N7S2. The number of aromatic nitrogens is 2. The number of aliphatic imine (C=N–C) groups is 2. The first-order valence-corrected chi connectivity index (χ1v) is 15.0. The van der Waals surface area contributed by atoms with Gasteiger partial charge in [0, 0.05) is 35.6 Å². The molecule has 3 atom stereocenters. The number of piperidine rings is 1. The Morgan fingerprint density at radius 3 is 3.00 bits per heavy atom. The van der Waals surface area contributed by atoms with E-state index in [-0.39, 0.29) is 12.1 Å². The smallest absolute Gasteiger partial charge is 0.139 e. The van der Waals surface area contributed by atoms with Crippen LogP contribution in [0.3, 0.4) is 0 Å². The molecule has 2 aromatic heterocycles. The third-order valence-electron chi connectivity index (χ3n) is 6.78. The summed E-state index contributed by atoms with van der Waals surface area (Å²) in [5.74, 6) is 0. The molecule has 0 spiro atoms. The van der Waals surface area contributed by atoms with Gasteiger partial charge in [-0.25, -0.2) is 4.98 Å². The minimum absolute atomic E-state index is 0.0515. The Morgan fingerprint density at radius 1 is 1.28 bits per heavy atom. The van der Waals surface area contributed by atoms with Crippen LogP contribution in [-0.4, -0.2) is 52.3 Å². The first-order chi connectivity index (χ1) is 17.7. The van der Waals surface area contributed by atoms with E-state index in [1.165, 1.54) is 32.1 Å². The first-order valence-electron chi connectivity index (χ1n) is 13.3. The molecule has 2 fully saturated rings. The number of pyridine rings is 1. The molecule has 36 heavy (non-hydrogen) atoms. The second kappa shape index (κ2) is 12.3. The summed E-state index contributed by atoms with van der Waals surface area (Å²) in [6, 6.07) is 5.03. The molecule has 1 saturated heterocycles. The lowest BCUT2D eigenvalue weighted by Gasteiger charge is -2.29. The van der Waals surface area contributed by atoms with E-state index in [0.717, 1.165) is 70.3 Å². The maximum atomic E-state index is 4.90. The van der Waals surface area contributed by atoms with Crippen LogP contribution in [0.25, 0.3) is 5.70 Å². The fraction of sp³-hybridized carbons (Fsp3) is 0.556. The Kier molecular flexibility index (Phi) is 8.71. The quantitative estimate of drug-likeness (QED) is 0.312. The van der Waals surface area contributed by atoms with Crippen LogP contribution in [0.1, 0.15) is 79.9 Å². The minimum atomic E-state index is 0.0515. The van der Waals surface area contributed by atoms with Crippen molar-refractivity contribution in [2.45, 2.75) is 81.7 Å². The summed E-state index contributed by atoms with van der Waals surface area (Å²) in [6.45, 7) is 8.44. The molecule has 1 aliphatic carbocycles. The van der Waals surface area contributed by atoms with Crippen molar-refractivity contribution in [3.05, 3.63) is 46.7 Å². The van der Waals surface area contributed by atoms with Crippen molar-refractivity contribution in [2.75, 3.05) is 17.8 Å². The highest BCUT2D eigenvalue weighted by molar-refractivity contribution is 8.01. The molecule has 2 aliphatic heterocycles. The monoisotopic (exact) mass is 523 g/mol. The Morgan fingerprint density at radius 2 is 2.19 bits per heavy atom. The predicted octanol–water partition coefficient (Wildman–Crippen LogP) is 5.64. The summed E-state index contributed by atoms with van der Waals surface area (Å²) < 4.78 is 3.52. The van der Waals surface area contributed by atoms with E-state index in [9.17, 15) is 0 Å². The molecule has 0 aromatic carbocycles. The summed E-state index contributed by atoms with van der Waals surface area (Å²) in [5.41, 5.74) is 3.91. The maximum absolute atomic E-state index is 4.90. The highest BCUT2D eigenvalue weighted by atomic mass is 32.2. The Bertz CT molecular complexity index is 1090. The second-order valence-electron chi connectivity index (χ2n) is 9.93. The molecule has 192 valence electrons. The lowest BCUT2D eigenvalue weighted by Crippen LogP contribution is -2.37. The van der Waals surface area contributed by atoms with E-state index >= 15 is 0 Å². The predicted molar refractivity (Wildman–Crippen MR) is 154 cm³/mol. The summed E-state index contributed by atoms with van der Waals surface area (Å²) in [4.78, 5) is 19.9. The molecular weight excluding hydrogens is 486 g/mol. The zero-order chi connectivity index (χ0) is 24.7. The third-order valence-corrected chi connectivity index (χ3v) is 9.01. The van der Waals surface area contributed by atoms with Gasteiger partial charge < -0.3 is 15.4 Å². The van der Waals surface area contributed by atoms with Crippen LogP contribution in [0.5, 0.6) is 0 Å². The molecule has 3 N–H and O–H groups in total. The number of hydrogen-bond acceptors (Lipinski definition) is 9. The summed E-state index contributed by atoms with van der Waals surface area (Å²) in [7, 11) is 0. The number of thiazole rings is 1. The van der Waals surface area contributed by atoms with Crippen molar-refractivity contribution in [1.29, 1.82) is 0 Å². The van der Waals surface area contributed by atoms with Crippen molar-refractivity contribution in [1.82, 2.24) is 20.6 Å². The first kappa shape index (κ1) is 25.4. The van der Waals surface area contributed by atoms with Gasteiger partial charge in [0.1, 0.15) is 5.01 Å². The number of nitrogens with zero attached hydrogens (tertiary/aromatic N) is 4. The molecule has 3 aliphatic rings. The van der Waals surface area contributed by atoms with E-state index in [4.69, 9.17) is 15.0 Å². The van der Waals surface area contributed by atoms with Crippen LogP contribution < -0.4 is 15.4 Å². The molecule has 0 amide bonds. The molecule has 5 rings (SSSR count). The van der Waals surface area contributed by atoms with Crippen LogP contribution in [-0.2, 0) is 0 Å². The molecule has 9 heteroatoms. The van der Waals surface area contributed by atoms with Gasteiger partial charge in [-0.1, -0.05) is 26.3 Å². The minimum Gasteiger partial charge on any atom is -0.375 e. The van der Waals surface area contributed by atoms with Gasteiger partial charge in [-0.3, -0.25) is 15.0 Å². The zero-order valence-electron chi connectivity index (χ0n) is 21.1. The van der Waals surface area contributed by atoms with Gasteiger partial charge in [-0.15, -0.1) is 11.3 Å². The van der Waals surface area contributed by atoms with Crippen molar-refractivity contribution in [2.24, 2.45) is 9.98 Å². The average Bonchev–Trinajstić information content (AvgIpc) is 3.61. The van der Waals surface area contributed by atoms with Gasteiger partial charge in [0.15, 0.2) is 0 Å². The maximum Gasteiger partial charge on any atom is 0.139 e. The largest absolute Gasteiger partial charge is 0.375 e. The van der Waals surface area contributed by atoms with Gasteiger partial charge >= 0.3 is 0 Å². The molecule has 0 radical (unpaired) electrons. The SMILES string of the molecule is C=C(NC(CC1CCCCN1)c1cc(NSC2CC2)ccn1)c1ncc(C2=NC(CCC)CN=C2)s1. The summed E-state index contributed by atoms with van der Waals surface area (Å²) in [5, 5.41) is 9.02. The lowest BCUT2D eigenvalue weighted by atomic mass is 9.96. The highest BCUT2D eigenvalue weighted by Gasteiger charge is 2.24. The third kappa shape index (κ3) is 6.95. The van der Waals surface area contributed by atoms with E-state index < -0.39 is 0 Å². The lowest BCUT2D eigenvalue weighted by molar-refractivity contribution is 0.350. The molecule has 7 nitrogen and oxygen atoms in total. The Hall–Kier alpha value is -2.23. The van der Waals surface area contributed by atoms with Crippen LogP contribution in [0, 0.1) is 0 Å². The van der Waals surface area contributed by atoms with Crippen molar-refractivity contribution >= 4 is 46.6 Å². The Balaban J connectivity index is 1.30. The van der Waals surface area contributed by atoms with Crippen molar-refractivity contribution < 1.29 is 0 Å². The normalized spacial score (nSPS) is 22.6. The van der Waals surface area contributed by atoms with Crippen LogP contribution in [0.15, 0.2) is 41.1 Å². The summed E-state index contributed by atoms with van der Waals surface area (Å²) in [6.07, 6.45) is 15.2. The molecule has 1 saturated carbocycles. The topological polar surface area (TPSA) is 86.6 Å². The number of anilines is 1. The van der Waals surface area contributed by atoms with Crippen LogP contribution in [0.2, 0.25) is 0 Å². The summed E-state index contributed by atoms with van der Waals surface area (Å²) >= 11 is 3.45. The molecule has 2 aromatic rings. The van der Waals surface area contributed by atoms with E-state index in [0.29, 0.717) is 6.04 Å². The fourth-order valence-electron chi connectivity index (χ4n) is 4.66. The van der Waals surface area contributed by atoms with Gasteiger partial charge in [-0.05, 0) is 69.2 Å². The van der Waals surface area contributed by atoms with E-state index in [1.54, 1.807) is 11.3 Å². The van der Waals surface area contributed by atoms with Crippen molar-refractivity contribution in [3.8, 4) is 0 Å². The average molecular weight is 524 g/mol.